The predicted octanol–water partition coefficient (Wildman–Crippen LogP) is 3.10. The molecule has 3 N–H and O–H groups in total. The van der Waals surface area contributed by atoms with Crippen LogP contribution in [0.3, 0.4) is 0 Å². The Labute approximate surface area is 117 Å². The minimum Gasteiger partial charge on any atom is -0.385 e. The van der Waals surface area contributed by atoms with E-state index in [0.29, 0.717) is 5.01 Å². The number of nitriles is 1. The van der Waals surface area contributed by atoms with Crippen LogP contribution < -0.4 is 11.1 Å². The molecule has 0 saturated heterocycles. The number of aromatic nitrogens is 1. The first-order chi connectivity index (χ1) is 9.33. The van der Waals surface area contributed by atoms with E-state index in [1.165, 1.54) is 24.2 Å². The van der Waals surface area contributed by atoms with Crippen LogP contribution in [0.25, 0.3) is 10.2 Å². The lowest BCUT2D eigenvalue weighted by Crippen LogP contribution is -2.02. The van der Waals surface area contributed by atoms with Gasteiger partial charge >= 0.3 is 0 Å². The predicted molar refractivity (Wildman–Crippen MR) is 80.3 cm³/mol. The lowest BCUT2D eigenvalue weighted by Gasteiger charge is -2.05. The van der Waals surface area contributed by atoms with E-state index in [9.17, 15) is 0 Å². The second kappa shape index (κ2) is 7.07. The Morgan fingerprint density at radius 1 is 1.26 bits per heavy atom. The Morgan fingerprint density at radius 2 is 2.11 bits per heavy atom. The second-order valence-electron chi connectivity index (χ2n) is 4.44. The SMILES string of the molecule is N#Cc1nc2ccc(NCCCCCCN)cc2s1. The van der Waals surface area contributed by atoms with E-state index in [1.807, 2.05) is 12.1 Å². The van der Waals surface area contributed by atoms with Crippen molar-refractivity contribution in [2.24, 2.45) is 5.73 Å². The lowest BCUT2D eigenvalue weighted by molar-refractivity contribution is 0.661. The van der Waals surface area contributed by atoms with E-state index in [0.717, 1.165) is 41.8 Å². The van der Waals surface area contributed by atoms with Crippen molar-refractivity contribution in [3.05, 3.63) is 23.2 Å². The highest BCUT2D eigenvalue weighted by Gasteiger charge is 2.03. The van der Waals surface area contributed by atoms with Gasteiger partial charge in [0.25, 0.3) is 0 Å². The summed E-state index contributed by atoms with van der Waals surface area (Å²) in [6.07, 6.45) is 4.69. The smallest absolute Gasteiger partial charge is 0.195 e. The van der Waals surface area contributed by atoms with E-state index in [-0.39, 0.29) is 0 Å². The molecule has 4 nitrogen and oxygen atoms in total. The summed E-state index contributed by atoms with van der Waals surface area (Å²) in [5, 5.41) is 12.8. The highest BCUT2D eigenvalue weighted by molar-refractivity contribution is 7.19. The molecule has 0 aliphatic carbocycles. The Balaban J connectivity index is 1.85. The Hall–Kier alpha value is -1.64. The van der Waals surface area contributed by atoms with Crippen LogP contribution in [-0.4, -0.2) is 18.1 Å². The molecule has 5 heteroatoms. The van der Waals surface area contributed by atoms with Crippen LogP contribution in [0.15, 0.2) is 18.2 Å². The Bertz CT molecular complexity index is 570. The van der Waals surface area contributed by atoms with Crippen molar-refractivity contribution in [1.82, 2.24) is 4.98 Å². The fraction of sp³-hybridized carbons (Fsp3) is 0.429. The summed E-state index contributed by atoms with van der Waals surface area (Å²) in [7, 11) is 0. The molecular formula is C14H18N4S. The summed E-state index contributed by atoms with van der Waals surface area (Å²) in [5.74, 6) is 0. The van der Waals surface area contributed by atoms with Gasteiger partial charge in [0.2, 0.25) is 0 Å². The summed E-state index contributed by atoms with van der Waals surface area (Å²) in [4.78, 5) is 4.22. The minimum absolute atomic E-state index is 0.522. The van der Waals surface area contributed by atoms with E-state index >= 15 is 0 Å². The molecule has 0 fully saturated rings. The lowest BCUT2D eigenvalue weighted by atomic mass is 10.2. The van der Waals surface area contributed by atoms with Gasteiger partial charge in [0, 0.05) is 12.2 Å². The van der Waals surface area contributed by atoms with Gasteiger partial charge in [0.1, 0.15) is 6.07 Å². The quantitative estimate of drug-likeness (QED) is 0.761. The topological polar surface area (TPSA) is 74.7 Å². The fourth-order valence-electron chi connectivity index (χ4n) is 1.94. The van der Waals surface area contributed by atoms with Crippen LogP contribution in [0.4, 0.5) is 5.69 Å². The van der Waals surface area contributed by atoms with E-state index in [1.54, 1.807) is 0 Å². The van der Waals surface area contributed by atoms with Gasteiger partial charge in [-0.1, -0.05) is 12.8 Å². The van der Waals surface area contributed by atoms with Crippen molar-refractivity contribution >= 4 is 27.2 Å². The summed E-state index contributed by atoms with van der Waals surface area (Å²) >= 11 is 1.44. The number of unbranched alkanes of at least 4 members (excludes halogenated alkanes) is 3. The molecule has 100 valence electrons. The molecule has 0 unspecified atom stereocenters. The third kappa shape index (κ3) is 3.91. The summed E-state index contributed by atoms with van der Waals surface area (Å²) in [5.41, 5.74) is 7.45. The number of benzene rings is 1. The fourth-order valence-corrected chi connectivity index (χ4v) is 2.74. The summed E-state index contributed by atoms with van der Waals surface area (Å²) < 4.78 is 1.06. The van der Waals surface area contributed by atoms with Gasteiger partial charge in [0.15, 0.2) is 5.01 Å². The monoisotopic (exact) mass is 274 g/mol. The highest BCUT2D eigenvalue weighted by atomic mass is 32.1. The van der Waals surface area contributed by atoms with Crippen LogP contribution in [0.1, 0.15) is 30.7 Å². The molecule has 1 aromatic carbocycles. The van der Waals surface area contributed by atoms with Crippen molar-refractivity contribution in [2.45, 2.75) is 25.7 Å². The zero-order valence-electron chi connectivity index (χ0n) is 10.9. The largest absolute Gasteiger partial charge is 0.385 e. The van der Waals surface area contributed by atoms with Crippen molar-refractivity contribution < 1.29 is 0 Å². The maximum atomic E-state index is 8.83. The second-order valence-corrected chi connectivity index (χ2v) is 5.47. The molecule has 0 atom stereocenters. The molecule has 0 bridgehead atoms. The summed E-state index contributed by atoms with van der Waals surface area (Å²) in [6.45, 7) is 1.76. The molecule has 0 aliphatic heterocycles. The molecule has 19 heavy (non-hydrogen) atoms. The van der Waals surface area contributed by atoms with Crippen LogP contribution in [0.5, 0.6) is 0 Å². The number of hydrogen-bond donors (Lipinski definition) is 2. The Kier molecular flexibility index (Phi) is 5.13. The molecule has 0 saturated carbocycles. The van der Waals surface area contributed by atoms with Crippen molar-refractivity contribution in [2.75, 3.05) is 18.4 Å². The van der Waals surface area contributed by atoms with Gasteiger partial charge in [-0.05, 0) is 37.6 Å². The number of rotatable bonds is 7. The zero-order valence-corrected chi connectivity index (χ0v) is 11.7. The van der Waals surface area contributed by atoms with Crippen LogP contribution >= 0.6 is 11.3 Å². The average molecular weight is 274 g/mol. The number of anilines is 1. The number of nitrogens with two attached hydrogens (primary N) is 1. The maximum absolute atomic E-state index is 8.83. The number of hydrogen-bond acceptors (Lipinski definition) is 5. The maximum Gasteiger partial charge on any atom is 0.195 e. The normalized spacial score (nSPS) is 10.5. The number of thiazole rings is 1. The molecule has 2 aromatic rings. The van der Waals surface area contributed by atoms with Crippen LogP contribution in [0, 0.1) is 11.3 Å². The van der Waals surface area contributed by atoms with Crippen molar-refractivity contribution in [3.8, 4) is 6.07 Å². The first-order valence-corrected chi connectivity index (χ1v) is 7.40. The standard InChI is InChI=1S/C14H18N4S/c15-7-3-1-2-4-8-17-11-5-6-12-13(9-11)19-14(10-16)18-12/h5-6,9,17H,1-4,7-8,15H2. The van der Waals surface area contributed by atoms with Crippen molar-refractivity contribution in [3.63, 3.8) is 0 Å². The van der Waals surface area contributed by atoms with Gasteiger partial charge < -0.3 is 11.1 Å². The highest BCUT2D eigenvalue weighted by Crippen LogP contribution is 2.24. The molecule has 1 heterocycles. The van der Waals surface area contributed by atoms with E-state index in [4.69, 9.17) is 11.0 Å². The third-order valence-electron chi connectivity index (χ3n) is 2.94. The van der Waals surface area contributed by atoms with E-state index < -0.39 is 0 Å². The minimum atomic E-state index is 0.522. The first-order valence-electron chi connectivity index (χ1n) is 6.58. The molecule has 2 rings (SSSR count). The number of nitrogens with zero attached hydrogens (tertiary/aromatic N) is 2. The first kappa shape index (κ1) is 13.8. The molecule has 1 aromatic heterocycles. The van der Waals surface area contributed by atoms with Gasteiger partial charge in [-0.2, -0.15) is 5.26 Å². The third-order valence-corrected chi connectivity index (χ3v) is 3.87. The Morgan fingerprint density at radius 3 is 2.89 bits per heavy atom. The molecule has 0 radical (unpaired) electrons. The van der Waals surface area contributed by atoms with Gasteiger partial charge in [-0.3, -0.25) is 0 Å². The van der Waals surface area contributed by atoms with Gasteiger partial charge in [0.05, 0.1) is 10.2 Å². The average Bonchev–Trinajstić information content (AvgIpc) is 2.85. The van der Waals surface area contributed by atoms with Crippen LogP contribution in [0.2, 0.25) is 0 Å². The summed E-state index contributed by atoms with van der Waals surface area (Å²) in [6, 6.07) is 8.13. The van der Waals surface area contributed by atoms with Gasteiger partial charge in [-0.25, -0.2) is 4.98 Å². The van der Waals surface area contributed by atoms with E-state index in [2.05, 4.69) is 22.4 Å². The molecule has 0 spiro atoms. The van der Waals surface area contributed by atoms with Gasteiger partial charge in [-0.15, -0.1) is 11.3 Å². The molecular weight excluding hydrogens is 256 g/mol. The molecule has 0 amide bonds. The zero-order chi connectivity index (χ0) is 13.5. The van der Waals surface area contributed by atoms with Crippen molar-refractivity contribution in [1.29, 1.82) is 5.26 Å². The van der Waals surface area contributed by atoms with Crippen LogP contribution in [-0.2, 0) is 0 Å². The number of fused-ring (bicyclic) bond motifs is 1. The number of nitrogens with one attached hydrogen (secondary N) is 1. The molecule has 0 aliphatic rings.